The molecule has 7 heteroatoms. The summed E-state index contributed by atoms with van der Waals surface area (Å²) < 4.78 is 2.06. The highest BCUT2D eigenvalue weighted by Gasteiger charge is 2.32. The average molecular weight is 462 g/mol. The van der Waals surface area contributed by atoms with Gasteiger partial charge in [-0.15, -0.1) is 0 Å². The molecule has 0 aliphatic carbocycles. The second kappa shape index (κ2) is 10.1. The number of rotatable bonds is 9. The maximum absolute atomic E-state index is 13.4. The van der Waals surface area contributed by atoms with E-state index in [2.05, 4.69) is 29.8 Å². The van der Waals surface area contributed by atoms with Gasteiger partial charge in [-0.3, -0.25) is 19.3 Å². The molecule has 0 atom stereocenters. The minimum atomic E-state index is -1.04. The Morgan fingerprint density at radius 1 is 1.09 bits per heavy atom. The molecule has 2 aromatic carbocycles. The van der Waals surface area contributed by atoms with Crippen molar-refractivity contribution < 1.29 is 19.5 Å². The Bertz CT molecular complexity index is 1230. The number of imide groups is 1. The molecule has 178 valence electrons. The second-order valence-electron chi connectivity index (χ2n) is 8.94. The Kier molecular flexibility index (Phi) is 7.01. The SMILES string of the molecule is CCCCCc1ccc2c(c1)C(=O)N(CCC(=O)O)C(=O)CN2Cc1cn(C)c2ccccc12. The number of aliphatic carboxylic acids is 1. The molecule has 0 spiro atoms. The molecule has 1 aromatic heterocycles. The number of aromatic nitrogens is 1. The number of para-hydroxylation sites is 1. The number of amides is 2. The topological polar surface area (TPSA) is 82.8 Å². The molecular formula is C27H31N3O4. The fourth-order valence-electron chi connectivity index (χ4n) is 4.69. The molecule has 34 heavy (non-hydrogen) atoms. The molecule has 0 radical (unpaired) electrons. The number of anilines is 1. The zero-order valence-electron chi connectivity index (χ0n) is 19.8. The predicted molar refractivity (Wildman–Crippen MR) is 132 cm³/mol. The number of benzene rings is 2. The summed E-state index contributed by atoms with van der Waals surface area (Å²) in [6.45, 7) is 2.50. The zero-order valence-corrected chi connectivity index (χ0v) is 19.8. The van der Waals surface area contributed by atoms with Crippen LogP contribution in [0, 0.1) is 0 Å². The third-order valence-corrected chi connectivity index (χ3v) is 6.46. The van der Waals surface area contributed by atoms with Crippen molar-refractivity contribution in [2.75, 3.05) is 18.0 Å². The third-order valence-electron chi connectivity index (χ3n) is 6.46. The van der Waals surface area contributed by atoms with Gasteiger partial charge >= 0.3 is 5.97 Å². The van der Waals surface area contributed by atoms with Crippen LogP contribution in [0.1, 0.15) is 54.1 Å². The number of hydrogen-bond donors (Lipinski definition) is 1. The molecule has 0 saturated carbocycles. The van der Waals surface area contributed by atoms with E-state index >= 15 is 0 Å². The van der Waals surface area contributed by atoms with Crippen LogP contribution in [0.3, 0.4) is 0 Å². The average Bonchev–Trinajstić information content (AvgIpc) is 3.09. The smallest absolute Gasteiger partial charge is 0.305 e. The molecule has 1 aliphatic rings. The van der Waals surface area contributed by atoms with Crippen LogP contribution in [-0.2, 0) is 29.6 Å². The molecule has 2 heterocycles. The lowest BCUT2D eigenvalue weighted by molar-refractivity contribution is -0.137. The molecule has 7 nitrogen and oxygen atoms in total. The van der Waals surface area contributed by atoms with Crippen LogP contribution >= 0.6 is 0 Å². The molecular weight excluding hydrogens is 430 g/mol. The summed E-state index contributed by atoms with van der Waals surface area (Å²) in [6, 6.07) is 14.0. The van der Waals surface area contributed by atoms with E-state index in [-0.39, 0.29) is 25.4 Å². The van der Waals surface area contributed by atoms with E-state index in [1.165, 1.54) is 0 Å². The van der Waals surface area contributed by atoms with E-state index in [0.717, 1.165) is 52.6 Å². The number of carbonyl (C=O) groups excluding carboxylic acids is 2. The van der Waals surface area contributed by atoms with Gasteiger partial charge in [-0.25, -0.2) is 0 Å². The maximum Gasteiger partial charge on any atom is 0.305 e. The van der Waals surface area contributed by atoms with Gasteiger partial charge in [0.25, 0.3) is 5.91 Å². The molecule has 4 rings (SSSR count). The number of unbranched alkanes of at least 4 members (excludes halogenated alkanes) is 2. The molecule has 0 fully saturated rings. The van der Waals surface area contributed by atoms with Crippen molar-refractivity contribution in [2.45, 2.75) is 45.6 Å². The molecule has 0 bridgehead atoms. The minimum absolute atomic E-state index is 0.0107. The van der Waals surface area contributed by atoms with Gasteiger partial charge in [-0.1, -0.05) is 44.0 Å². The Labute approximate surface area is 199 Å². The first-order valence-corrected chi connectivity index (χ1v) is 11.9. The number of aryl methyl sites for hydroxylation is 2. The summed E-state index contributed by atoms with van der Waals surface area (Å²) in [5, 5.41) is 10.2. The van der Waals surface area contributed by atoms with Gasteiger partial charge in [0, 0.05) is 37.2 Å². The Balaban J connectivity index is 1.72. The number of nitrogens with zero attached hydrogens (tertiary/aromatic N) is 3. The van der Waals surface area contributed by atoms with Crippen molar-refractivity contribution in [1.82, 2.24) is 9.47 Å². The number of carboxylic acids is 1. The quantitative estimate of drug-likeness (QED) is 0.378. The number of fused-ring (bicyclic) bond motifs is 2. The normalized spacial score (nSPS) is 13.9. The molecule has 0 unspecified atom stereocenters. The summed E-state index contributed by atoms with van der Waals surface area (Å²) in [7, 11) is 1.99. The maximum atomic E-state index is 13.4. The van der Waals surface area contributed by atoms with Crippen LogP contribution in [0.5, 0.6) is 0 Å². The highest BCUT2D eigenvalue weighted by molar-refractivity contribution is 6.11. The van der Waals surface area contributed by atoms with Gasteiger partial charge in [0.05, 0.1) is 24.2 Å². The van der Waals surface area contributed by atoms with Crippen molar-refractivity contribution >= 4 is 34.4 Å². The Hall–Kier alpha value is -3.61. The van der Waals surface area contributed by atoms with E-state index < -0.39 is 11.9 Å². The fraction of sp³-hybridized carbons (Fsp3) is 0.370. The second-order valence-corrected chi connectivity index (χ2v) is 8.94. The van der Waals surface area contributed by atoms with E-state index in [1.54, 1.807) is 0 Å². The summed E-state index contributed by atoms with van der Waals surface area (Å²) in [5.74, 6) is -1.83. The standard InChI is InChI=1S/C27H31N3O4/c1-3-4-5-8-19-11-12-24-22(15-19)27(34)30(14-13-26(32)33)25(31)18-29(24)17-20-16-28(2)23-10-7-6-9-21(20)23/h6-7,9-12,15-16H,3-5,8,13-14,17-18H2,1-2H3,(H,32,33). The fourth-order valence-corrected chi connectivity index (χ4v) is 4.69. The summed E-state index contributed by atoms with van der Waals surface area (Å²) in [5.41, 5.74) is 4.40. The van der Waals surface area contributed by atoms with Gasteiger partial charge < -0.3 is 14.6 Å². The number of carboxylic acid groups (broad SMARTS) is 1. The number of hydrogen-bond acceptors (Lipinski definition) is 4. The third kappa shape index (κ3) is 4.83. The lowest BCUT2D eigenvalue weighted by Gasteiger charge is -2.24. The Morgan fingerprint density at radius 2 is 1.88 bits per heavy atom. The molecule has 0 saturated heterocycles. The van der Waals surface area contributed by atoms with Crippen molar-refractivity contribution in [3.8, 4) is 0 Å². The van der Waals surface area contributed by atoms with Crippen LogP contribution in [0.25, 0.3) is 10.9 Å². The highest BCUT2D eigenvalue weighted by atomic mass is 16.4. The summed E-state index contributed by atoms with van der Waals surface area (Å²) >= 11 is 0. The largest absolute Gasteiger partial charge is 0.481 e. The summed E-state index contributed by atoms with van der Waals surface area (Å²) in [6.07, 6.45) is 5.91. The van der Waals surface area contributed by atoms with E-state index in [4.69, 9.17) is 5.11 Å². The molecule has 2 amide bonds. The molecule has 1 N–H and O–H groups in total. The monoisotopic (exact) mass is 461 g/mol. The first-order chi connectivity index (χ1) is 16.4. The summed E-state index contributed by atoms with van der Waals surface area (Å²) in [4.78, 5) is 40.8. The van der Waals surface area contributed by atoms with Gasteiger partial charge in [0.1, 0.15) is 0 Å². The van der Waals surface area contributed by atoms with Crippen molar-refractivity contribution in [3.05, 3.63) is 65.4 Å². The van der Waals surface area contributed by atoms with Crippen LogP contribution in [-0.4, -0.2) is 45.4 Å². The van der Waals surface area contributed by atoms with E-state index in [9.17, 15) is 14.4 Å². The predicted octanol–water partition coefficient (Wildman–Crippen LogP) is 4.37. The van der Waals surface area contributed by atoms with Crippen molar-refractivity contribution in [1.29, 1.82) is 0 Å². The van der Waals surface area contributed by atoms with Gasteiger partial charge in [0.2, 0.25) is 5.91 Å². The van der Waals surface area contributed by atoms with Crippen LogP contribution in [0.4, 0.5) is 5.69 Å². The minimum Gasteiger partial charge on any atom is -0.481 e. The zero-order chi connectivity index (χ0) is 24.2. The van der Waals surface area contributed by atoms with Crippen molar-refractivity contribution in [2.24, 2.45) is 7.05 Å². The van der Waals surface area contributed by atoms with E-state index in [0.29, 0.717) is 17.8 Å². The van der Waals surface area contributed by atoms with Gasteiger partial charge in [-0.05, 0) is 42.2 Å². The van der Waals surface area contributed by atoms with Crippen LogP contribution < -0.4 is 4.90 Å². The Morgan fingerprint density at radius 3 is 2.65 bits per heavy atom. The lowest BCUT2D eigenvalue weighted by atomic mass is 10.0. The first kappa shape index (κ1) is 23.5. The lowest BCUT2D eigenvalue weighted by Crippen LogP contribution is -2.41. The molecule has 3 aromatic rings. The number of carbonyl (C=O) groups is 3. The molecule has 1 aliphatic heterocycles. The van der Waals surface area contributed by atoms with Crippen LogP contribution in [0.15, 0.2) is 48.7 Å². The highest BCUT2D eigenvalue weighted by Crippen LogP contribution is 2.31. The van der Waals surface area contributed by atoms with Gasteiger partial charge in [0.15, 0.2) is 0 Å². The van der Waals surface area contributed by atoms with E-state index in [1.807, 2.05) is 42.3 Å². The van der Waals surface area contributed by atoms with Crippen molar-refractivity contribution in [3.63, 3.8) is 0 Å². The first-order valence-electron chi connectivity index (χ1n) is 11.9. The van der Waals surface area contributed by atoms with Gasteiger partial charge in [-0.2, -0.15) is 0 Å². The van der Waals surface area contributed by atoms with Crippen LogP contribution in [0.2, 0.25) is 0 Å².